The van der Waals surface area contributed by atoms with Gasteiger partial charge in [-0.15, -0.1) is 0 Å². The summed E-state index contributed by atoms with van der Waals surface area (Å²) < 4.78 is 24.2. The maximum absolute atomic E-state index is 13.6. The maximum Gasteiger partial charge on any atom is 0.345 e. The van der Waals surface area contributed by atoms with Crippen LogP contribution in [0.5, 0.6) is 11.5 Å². The van der Waals surface area contributed by atoms with Crippen LogP contribution in [0.3, 0.4) is 0 Å². The number of nitrogens with zero attached hydrogens (tertiary/aromatic N) is 1. The Labute approximate surface area is 187 Å². The molecule has 0 aliphatic carbocycles. The molecule has 0 bridgehead atoms. The van der Waals surface area contributed by atoms with Crippen LogP contribution in [0.4, 0.5) is 4.39 Å². The van der Waals surface area contributed by atoms with E-state index < -0.39 is 17.7 Å². The first-order valence-corrected chi connectivity index (χ1v) is 9.58. The minimum absolute atomic E-state index is 0.125. The zero-order valence-electron chi connectivity index (χ0n) is 16.1. The number of ether oxygens (including phenoxy) is 2. The minimum Gasteiger partial charge on any atom is -0.493 e. The number of methoxy groups -OCH3 is 1. The fourth-order valence-corrected chi connectivity index (χ4v) is 3.02. The smallest absolute Gasteiger partial charge is 0.345 e. The van der Waals surface area contributed by atoms with Gasteiger partial charge in [-0.25, -0.2) is 14.6 Å². The number of halogens is 3. The van der Waals surface area contributed by atoms with E-state index in [-0.39, 0.29) is 27.6 Å². The van der Waals surface area contributed by atoms with Gasteiger partial charge in [0, 0.05) is 5.02 Å². The van der Waals surface area contributed by atoms with Crippen molar-refractivity contribution in [1.82, 2.24) is 5.43 Å². The molecule has 31 heavy (non-hydrogen) atoms. The number of carbonyl (C=O) groups is 2. The van der Waals surface area contributed by atoms with Gasteiger partial charge in [0.2, 0.25) is 0 Å². The molecule has 1 amide bonds. The molecule has 3 aromatic rings. The fraction of sp³-hybridized carbons (Fsp3) is 0.0455. The Balaban J connectivity index is 1.71. The second-order valence-corrected chi connectivity index (χ2v) is 6.95. The van der Waals surface area contributed by atoms with E-state index in [9.17, 15) is 14.0 Å². The van der Waals surface area contributed by atoms with Crippen LogP contribution in [0.25, 0.3) is 0 Å². The van der Waals surface area contributed by atoms with E-state index in [4.69, 9.17) is 32.7 Å². The lowest BCUT2D eigenvalue weighted by atomic mass is 10.2. The van der Waals surface area contributed by atoms with Gasteiger partial charge in [0.1, 0.15) is 5.82 Å². The van der Waals surface area contributed by atoms with Crippen molar-refractivity contribution in [3.05, 3.63) is 93.2 Å². The summed E-state index contributed by atoms with van der Waals surface area (Å²) >= 11 is 11.9. The molecule has 158 valence electrons. The largest absolute Gasteiger partial charge is 0.493 e. The van der Waals surface area contributed by atoms with Gasteiger partial charge in [0.05, 0.1) is 29.5 Å². The second-order valence-electron chi connectivity index (χ2n) is 6.10. The summed E-state index contributed by atoms with van der Waals surface area (Å²) in [6.45, 7) is 0. The highest BCUT2D eigenvalue weighted by molar-refractivity contribution is 6.36. The lowest BCUT2D eigenvalue weighted by molar-refractivity contribution is 0.0729. The molecule has 9 heteroatoms. The number of amides is 1. The number of benzene rings is 3. The molecule has 3 rings (SSSR count). The van der Waals surface area contributed by atoms with Crippen LogP contribution < -0.4 is 14.9 Å². The van der Waals surface area contributed by atoms with Gasteiger partial charge in [-0.05, 0) is 54.1 Å². The third kappa shape index (κ3) is 5.59. The lowest BCUT2D eigenvalue weighted by Gasteiger charge is -2.10. The average molecular weight is 461 g/mol. The van der Waals surface area contributed by atoms with Crippen molar-refractivity contribution in [2.45, 2.75) is 0 Å². The Morgan fingerprint density at radius 3 is 2.48 bits per heavy atom. The molecule has 0 saturated carbocycles. The van der Waals surface area contributed by atoms with Crippen molar-refractivity contribution in [2.75, 3.05) is 7.11 Å². The third-order valence-corrected chi connectivity index (χ3v) is 4.59. The van der Waals surface area contributed by atoms with E-state index in [1.807, 2.05) is 0 Å². The second kappa shape index (κ2) is 10.1. The molecular formula is C22H15Cl2FN2O4. The van der Waals surface area contributed by atoms with Gasteiger partial charge in [-0.2, -0.15) is 5.10 Å². The van der Waals surface area contributed by atoms with Crippen LogP contribution in [0.1, 0.15) is 26.3 Å². The Morgan fingerprint density at radius 2 is 1.77 bits per heavy atom. The van der Waals surface area contributed by atoms with Crippen molar-refractivity contribution >= 4 is 41.3 Å². The number of hydrogen-bond acceptors (Lipinski definition) is 5. The summed E-state index contributed by atoms with van der Waals surface area (Å²) in [5.74, 6) is -1.61. The summed E-state index contributed by atoms with van der Waals surface area (Å²) in [4.78, 5) is 24.4. The van der Waals surface area contributed by atoms with E-state index in [1.54, 1.807) is 18.2 Å². The molecule has 0 aliphatic heterocycles. The van der Waals surface area contributed by atoms with Crippen LogP contribution in [0, 0.1) is 5.82 Å². The average Bonchev–Trinajstić information content (AvgIpc) is 2.74. The molecule has 0 fully saturated rings. The van der Waals surface area contributed by atoms with E-state index in [1.165, 1.54) is 55.8 Å². The monoisotopic (exact) mass is 460 g/mol. The summed E-state index contributed by atoms with van der Waals surface area (Å²) in [6, 6.07) is 14.6. The Bertz CT molecular complexity index is 1170. The van der Waals surface area contributed by atoms with Crippen molar-refractivity contribution < 1.29 is 23.5 Å². The molecular weight excluding hydrogens is 446 g/mol. The van der Waals surface area contributed by atoms with E-state index in [0.717, 1.165) is 0 Å². The number of hydrogen-bond donors (Lipinski definition) is 1. The molecule has 0 saturated heterocycles. The highest BCUT2D eigenvalue weighted by Gasteiger charge is 2.16. The van der Waals surface area contributed by atoms with Crippen LogP contribution in [0.2, 0.25) is 10.0 Å². The molecule has 0 aliphatic rings. The first-order valence-electron chi connectivity index (χ1n) is 8.82. The van der Waals surface area contributed by atoms with Crippen LogP contribution >= 0.6 is 23.2 Å². The Morgan fingerprint density at radius 1 is 1.00 bits per heavy atom. The molecule has 1 N–H and O–H groups in total. The predicted molar refractivity (Wildman–Crippen MR) is 116 cm³/mol. The molecule has 3 aromatic carbocycles. The van der Waals surface area contributed by atoms with Gasteiger partial charge in [-0.1, -0.05) is 35.3 Å². The molecule has 0 heterocycles. The molecule has 0 aromatic heterocycles. The molecule has 0 radical (unpaired) electrons. The van der Waals surface area contributed by atoms with Crippen molar-refractivity contribution in [3.8, 4) is 11.5 Å². The number of carbonyl (C=O) groups excluding carboxylic acids is 2. The molecule has 6 nitrogen and oxygen atoms in total. The lowest BCUT2D eigenvalue weighted by Crippen LogP contribution is -2.18. The topological polar surface area (TPSA) is 77.0 Å². The maximum atomic E-state index is 13.6. The van der Waals surface area contributed by atoms with Crippen molar-refractivity contribution in [2.24, 2.45) is 5.10 Å². The third-order valence-electron chi connectivity index (χ3n) is 4.04. The first kappa shape index (κ1) is 22.3. The molecule has 0 spiro atoms. The van der Waals surface area contributed by atoms with Gasteiger partial charge < -0.3 is 9.47 Å². The summed E-state index contributed by atoms with van der Waals surface area (Å²) in [5, 5.41) is 4.36. The minimum atomic E-state index is -0.688. The predicted octanol–water partition coefficient (Wildman–Crippen LogP) is 5.12. The Kier molecular flexibility index (Phi) is 7.23. The summed E-state index contributed by atoms with van der Waals surface area (Å²) in [6.07, 6.45) is 1.34. The van der Waals surface area contributed by atoms with Crippen LogP contribution in [-0.2, 0) is 0 Å². The number of nitrogens with one attached hydrogen (secondary N) is 1. The van der Waals surface area contributed by atoms with Gasteiger partial charge in [0.25, 0.3) is 5.91 Å². The highest BCUT2D eigenvalue weighted by atomic mass is 35.5. The number of hydrazone groups is 1. The van der Waals surface area contributed by atoms with E-state index in [0.29, 0.717) is 10.6 Å². The number of esters is 1. The van der Waals surface area contributed by atoms with E-state index >= 15 is 0 Å². The van der Waals surface area contributed by atoms with Crippen molar-refractivity contribution in [3.63, 3.8) is 0 Å². The normalized spacial score (nSPS) is 10.7. The van der Waals surface area contributed by atoms with Crippen LogP contribution in [0.15, 0.2) is 65.8 Å². The van der Waals surface area contributed by atoms with Gasteiger partial charge in [-0.3, -0.25) is 4.79 Å². The molecule has 0 atom stereocenters. The van der Waals surface area contributed by atoms with Gasteiger partial charge >= 0.3 is 5.97 Å². The summed E-state index contributed by atoms with van der Waals surface area (Å²) in [7, 11) is 1.41. The fourth-order valence-electron chi connectivity index (χ4n) is 2.53. The first-order chi connectivity index (χ1) is 14.9. The zero-order valence-corrected chi connectivity index (χ0v) is 17.6. The van der Waals surface area contributed by atoms with Crippen molar-refractivity contribution in [1.29, 1.82) is 0 Å². The molecule has 0 unspecified atom stereocenters. The number of rotatable bonds is 6. The standard InChI is InChI=1S/C22H15Cl2FN2O4/c1-30-20-10-13(12-26-27-21(28)16-4-2-3-5-18(16)25)6-9-19(20)31-22(29)15-8-7-14(23)11-17(15)24/h2-12H,1H3,(H,27,28)/b26-12-. The SMILES string of the molecule is COc1cc(/C=N\NC(=O)c2ccccc2F)ccc1OC(=O)c1ccc(Cl)cc1Cl. The Hall–Kier alpha value is -3.42. The highest BCUT2D eigenvalue weighted by Crippen LogP contribution is 2.29. The van der Waals surface area contributed by atoms with Crippen LogP contribution in [-0.4, -0.2) is 25.2 Å². The quantitative estimate of drug-likeness (QED) is 0.239. The van der Waals surface area contributed by atoms with E-state index in [2.05, 4.69) is 10.5 Å². The zero-order chi connectivity index (χ0) is 22.4. The summed E-state index contributed by atoms with van der Waals surface area (Å²) in [5.41, 5.74) is 2.80. The van der Waals surface area contributed by atoms with Gasteiger partial charge in [0.15, 0.2) is 11.5 Å².